The molecule has 0 aromatic heterocycles. The number of hydrogen-bond donors (Lipinski definition) is 2. The van der Waals surface area contributed by atoms with Gasteiger partial charge in [-0.05, 0) is 32.2 Å². The van der Waals surface area contributed by atoms with Crippen molar-refractivity contribution in [3.05, 3.63) is 0 Å². The maximum atomic E-state index is 10.2. The highest BCUT2D eigenvalue weighted by Gasteiger charge is 2.34. The smallest absolute Gasteiger partial charge is 0.0774 e. The molecule has 0 aromatic rings. The van der Waals surface area contributed by atoms with Crippen LogP contribution in [-0.4, -0.2) is 46.5 Å². The van der Waals surface area contributed by atoms with Gasteiger partial charge in [0.15, 0.2) is 0 Å². The van der Waals surface area contributed by atoms with Crippen molar-refractivity contribution in [3.63, 3.8) is 0 Å². The third-order valence-corrected chi connectivity index (χ3v) is 3.53. The van der Waals surface area contributed by atoms with E-state index in [0.29, 0.717) is 0 Å². The molecule has 1 saturated heterocycles. The normalized spacial score (nSPS) is 33.4. The summed E-state index contributed by atoms with van der Waals surface area (Å²) in [6.45, 7) is 2.56. The number of piperidine rings is 1. The van der Waals surface area contributed by atoms with Gasteiger partial charge < -0.3 is 10.2 Å². The summed E-state index contributed by atoms with van der Waals surface area (Å²) in [6, 6.07) is 0. The summed E-state index contributed by atoms with van der Waals surface area (Å²) in [4.78, 5) is 2.22. The molecular weight excluding hydrogens is 178 g/mol. The van der Waals surface area contributed by atoms with Crippen LogP contribution in [0.4, 0.5) is 0 Å². The lowest BCUT2D eigenvalue weighted by Crippen LogP contribution is -2.46. The minimum Gasteiger partial charge on any atom is -0.392 e. The third-order valence-electron chi connectivity index (χ3n) is 3.53. The quantitative estimate of drug-likeness (QED) is 0.689. The highest BCUT2D eigenvalue weighted by atomic mass is 16.3. The molecule has 1 aliphatic heterocycles. The molecular formula is C11H21NO2. The predicted molar refractivity (Wildman–Crippen MR) is 55.1 cm³/mol. The molecule has 0 bridgehead atoms. The van der Waals surface area contributed by atoms with Crippen molar-refractivity contribution in [3.8, 4) is 0 Å². The Labute approximate surface area is 85.7 Å². The van der Waals surface area contributed by atoms with Gasteiger partial charge in [-0.25, -0.2) is 0 Å². The second kappa shape index (κ2) is 4.17. The highest BCUT2D eigenvalue weighted by molar-refractivity contribution is 4.88. The minimum absolute atomic E-state index is 0.172. The van der Waals surface area contributed by atoms with E-state index in [9.17, 15) is 10.2 Å². The van der Waals surface area contributed by atoms with E-state index in [4.69, 9.17) is 0 Å². The Morgan fingerprint density at radius 2 is 1.93 bits per heavy atom. The van der Waals surface area contributed by atoms with Crippen LogP contribution < -0.4 is 0 Å². The average Bonchev–Trinajstić information content (AvgIpc) is 2.51. The molecule has 2 N–H and O–H groups in total. The highest BCUT2D eigenvalue weighted by Crippen LogP contribution is 2.30. The molecule has 0 amide bonds. The van der Waals surface area contributed by atoms with Crippen LogP contribution in [0.5, 0.6) is 0 Å². The van der Waals surface area contributed by atoms with Crippen molar-refractivity contribution in [2.45, 2.75) is 50.2 Å². The number of likely N-dealkylation sites (tertiary alicyclic amines) is 1. The van der Waals surface area contributed by atoms with Crippen molar-refractivity contribution in [2.75, 3.05) is 19.6 Å². The first-order chi connectivity index (χ1) is 6.68. The minimum atomic E-state index is -0.447. The Hall–Kier alpha value is -0.120. The summed E-state index contributed by atoms with van der Waals surface area (Å²) in [6.07, 6.45) is 6.03. The van der Waals surface area contributed by atoms with E-state index >= 15 is 0 Å². The second-order valence-corrected chi connectivity index (χ2v) is 4.96. The molecule has 1 atom stereocenters. The van der Waals surface area contributed by atoms with Crippen molar-refractivity contribution < 1.29 is 10.2 Å². The average molecular weight is 199 g/mol. The molecule has 0 spiro atoms. The Bertz CT molecular complexity index is 190. The van der Waals surface area contributed by atoms with Crippen molar-refractivity contribution in [1.82, 2.24) is 4.90 Å². The number of aliphatic hydroxyl groups excluding tert-OH is 1. The summed E-state index contributed by atoms with van der Waals surface area (Å²) in [5.41, 5.74) is -0.447. The van der Waals surface area contributed by atoms with Gasteiger partial charge in [-0.15, -0.1) is 0 Å². The number of β-amino-alcohol motifs (C(OH)–C–C–N with tert-alkyl or cyclic N) is 2. The van der Waals surface area contributed by atoms with Crippen LogP contribution in [0.15, 0.2) is 0 Å². The largest absolute Gasteiger partial charge is 0.392 e. The summed E-state index contributed by atoms with van der Waals surface area (Å²) in [7, 11) is 0. The zero-order valence-corrected chi connectivity index (χ0v) is 8.78. The van der Waals surface area contributed by atoms with Crippen LogP contribution in [0.2, 0.25) is 0 Å². The van der Waals surface area contributed by atoms with Gasteiger partial charge in [-0.2, -0.15) is 0 Å². The van der Waals surface area contributed by atoms with Gasteiger partial charge in [0.25, 0.3) is 0 Å². The molecule has 0 radical (unpaired) electrons. The van der Waals surface area contributed by atoms with E-state index < -0.39 is 5.60 Å². The monoisotopic (exact) mass is 199 g/mol. The predicted octanol–water partition coefficient (Wildman–Crippen LogP) is 0.748. The number of aliphatic hydroxyl groups is 2. The molecule has 3 heteroatoms. The first kappa shape index (κ1) is 10.4. The maximum absolute atomic E-state index is 10.2. The Balaban J connectivity index is 1.83. The maximum Gasteiger partial charge on any atom is 0.0774 e. The first-order valence-corrected chi connectivity index (χ1v) is 5.81. The van der Waals surface area contributed by atoms with E-state index in [1.54, 1.807) is 0 Å². The fraction of sp³-hybridized carbons (Fsp3) is 1.00. The van der Waals surface area contributed by atoms with Crippen molar-refractivity contribution >= 4 is 0 Å². The van der Waals surface area contributed by atoms with Crippen LogP contribution in [-0.2, 0) is 0 Å². The molecule has 0 aromatic carbocycles. The molecule has 1 saturated carbocycles. The standard InChI is InChI=1S/C11H21NO2/c13-10-4-3-7-12(8-10)9-11(14)5-1-2-6-11/h10,13-14H,1-9H2/t10-/m0/s1. The number of nitrogens with zero attached hydrogens (tertiary/aromatic N) is 1. The topological polar surface area (TPSA) is 43.7 Å². The Morgan fingerprint density at radius 1 is 1.21 bits per heavy atom. The summed E-state index contributed by atoms with van der Waals surface area (Å²) >= 11 is 0. The molecule has 2 rings (SSSR count). The van der Waals surface area contributed by atoms with Gasteiger partial charge in [-0.3, -0.25) is 4.90 Å². The van der Waals surface area contributed by atoms with Gasteiger partial charge in [0.05, 0.1) is 11.7 Å². The van der Waals surface area contributed by atoms with E-state index in [2.05, 4.69) is 4.90 Å². The molecule has 14 heavy (non-hydrogen) atoms. The second-order valence-electron chi connectivity index (χ2n) is 4.96. The lowest BCUT2D eigenvalue weighted by atomic mass is 9.99. The molecule has 82 valence electrons. The van der Waals surface area contributed by atoms with E-state index in [-0.39, 0.29) is 6.10 Å². The van der Waals surface area contributed by atoms with E-state index in [0.717, 1.165) is 58.2 Å². The lowest BCUT2D eigenvalue weighted by Gasteiger charge is -2.35. The molecule has 0 unspecified atom stereocenters. The Kier molecular flexibility index (Phi) is 3.10. The van der Waals surface area contributed by atoms with Crippen LogP contribution in [0.3, 0.4) is 0 Å². The third kappa shape index (κ3) is 2.47. The SMILES string of the molecule is O[C@H]1CCCN(CC2(O)CCCC2)C1. The zero-order valence-electron chi connectivity index (χ0n) is 8.78. The van der Waals surface area contributed by atoms with Gasteiger partial charge in [-0.1, -0.05) is 12.8 Å². The van der Waals surface area contributed by atoms with E-state index in [1.807, 2.05) is 0 Å². The van der Waals surface area contributed by atoms with Crippen LogP contribution in [0.1, 0.15) is 38.5 Å². The molecule has 2 aliphatic rings. The number of hydrogen-bond acceptors (Lipinski definition) is 3. The summed E-state index contributed by atoms with van der Waals surface area (Å²) in [5, 5.41) is 19.7. The van der Waals surface area contributed by atoms with Crippen molar-refractivity contribution in [1.29, 1.82) is 0 Å². The molecule has 3 nitrogen and oxygen atoms in total. The lowest BCUT2D eigenvalue weighted by molar-refractivity contribution is -0.0163. The fourth-order valence-electron chi connectivity index (χ4n) is 2.78. The fourth-order valence-corrected chi connectivity index (χ4v) is 2.78. The van der Waals surface area contributed by atoms with Gasteiger partial charge in [0.1, 0.15) is 0 Å². The summed E-state index contributed by atoms with van der Waals surface area (Å²) in [5.74, 6) is 0. The van der Waals surface area contributed by atoms with E-state index in [1.165, 1.54) is 0 Å². The van der Waals surface area contributed by atoms with Crippen LogP contribution in [0.25, 0.3) is 0 Å². The molecule has 1 heterocycles. The summed E-state index contributed by atoms with van der Waals surface area (Å²) < 4.78 is 0. The number of rotatable bonds is 2. The Morgan fingerprint density at radius 3 is 2.57 bits per heavy atom. The zero-order chi connectivity index (χ0) is 10.0. The van der Waals surface area contributed by atoms with Gasteiger partial charge in [0.2, 0.25) is 0 Å². The van der Waals surface area contributed by atoms with Gasteiger partial charge >= 0.3 is 0 Å². The van der Waals surface area contributed by atoms with Gasteiger partial charge in [0, 0.05) is 13.1 Å². The molecule has 2 fully saturated rings. The van der Waals surface area contributed by atoms with Crippen LogP contribution in [0, 0.1) is 0 Å². The first-order valence-electron chi connectivity index (χ1n) is 5.81. The van der Waals surface area contributed by atoms with Crippen molar-refractivity contribution in [2.24, 2.45) is 0 Å². The molecule has 1 aliphatic carbocycles. The van der Waals surface area contributed by atoms with Crippen LogP contribution >= 0.6 is 0 Å².